The minimum atomic E-state index is 0.666. The number of fused-ring (bicyclic) bond motifs is 2. The van der Waals surface area contributed by atoms with Crippen LogP contribution in [0, 0.1) is 23.7 Å². The van der Waals surface area contributed by atoms with Crippen molar-refractivity contribution in [3.63, 3.8) is 0 Å². The van der Waals surface area contributed by atoms with E-state index >= 15 is 0 Å². The molecule has 2 heteroatoms. The monoisotopic (exact) mass is 390 g/mol. The lowest BCUT2D eigenvalue weighted by Gasteiger charge is -2.04. The maximum absolute atomic E-state index is 5.56. The Morgan fingerprint density at radius 3 is 1.37 bits per heavy atom. The van der Waals surface area contributed by atoms with E-state index in [2.05, 4.69) is 60.1 Å². The van der Waals surface area contributed by atoms with Crippen LogP contribution >= 0.6 is 0 Å². The summed E-state index contributed by atoms with van der Waals surface area (Å²) >= 11 is 0. The largest absolute Gasteiger partial charge is 0.494 e. The first kappa shape index (κ1) is 19.4. The molecule has 0 radical (unpaired) electrons. The topological polar surface area (TPSA) is 18.5 Å². The van der Waals surface area contributed by atoms with E-state index < -0.39 is 0 Å². The van der Waals surface area contributed by atoms with Gasteiger partial charge < -0.3 is 9.47 Å². The third-order valence-electron chi connectivity index (χ3n) is 4.72. The SMILES string of the molecule is CCOc1ccc2cc(C#CC#Cc3ccc4cc(OCC)ccc4c3)ccc2c1. The highest BCUT2D eigenvalue weighted by atomic mass is 16.5. The van der Waals surface area contributed by atoms with Gasteiger partial charge in [-0.2, -0.15) is 0 Å². The van der Waals surface area contributed by atoms with Gasteiger partial charge in [-0.3, -0.25) is 0 Å². The summed E-state index contributed by atoms with van der Waals surface area (Å²) in [6.07, 6.45) is 0. The van der Waals surface area contributed by atoms with Crippen LogP contribution in [0.4, 0.5) is 0 Å². The molecule has 0 aliphatic rings. The fourth-order valence-corrected chi connectivity index (χ4v) is 3.32. The quantitative estimate of drug-likeness (QED) is 0.387. The highest BCUT2D eigenvalue weighted by molar-refractivity contribution is 5.86. The highest BCUT2D eigenvalue weighted by Gasteiger charge is 1.99. The molecule has 2 nitrogen and oxygen atoms in total. The maximum atomic E-state index is 5.56. The minimum absolute atomic E-state index is 0.666. The number of hydrogen-bond acceptors (Lipinski definition) is 2. The van der Waals surface area contributed by atoms with E-state index in [1.54, 1.807) is 0 Å². The molecule has 0 heterocycles. The molecule has 0 fully saturated rings. The lowest BCUT2D eigenvalue weighted by Crippen LogP contribution is -1.90. The van der Waals surface area contributed by atoms with Crippen LogP contribution in [-0.2, 0) is 0 Å². The van der Waals surface area contributed by atoms with Crippen LogP contribution in [0.2, 0.25) is 0 Å². The van der Waals surface area contributed by atoms with Gasteiger partial charge in [-0.05, 0) is 95.8 Å². The Labute approximate surface area is 177 Å². The molecular weight excluding hydrogens is 368 g/mol. The molecule has 0 amide bonds. The summed E-state index contributed by atoms with van der Waals surface area (Å²) in [4.78, 5) is 0. The molecule has 146 valence electrons. The zero-order valence-electron chi connectivity index (χ0n) is 17.2. The van der Waals surface area contributed by atoms with Gasteiger partial charge in [-0.1, -0.05) is 36.1 Å². The van der Waals surface area contributed by atoms with Crippen molar-refractivity contribution in [3.05, 3.63) is 83.9 Å². The van der Waals surface area contributed by atoms with Crippen molar-refractivity contribution >= 4 is 21.5 Å². The second kappa shape index (κ2) is 9.08. The zero-order chi connectivity index (χ0) is 20.8. The maximum Gasteiger partial charge on any atom is 0.119 e. The first-order valence-electron chi connectivity index (χ1n) is 10.1. The molecule has 4 aromatic rings. The fraction of sp³-hybridized carbons (Fsp3) is 0.143. The summed E-state index contributed by atoms with van der Waals surface area (Å²) in [6, 6.07) is 24.5. The lowest BCUT2D eigenvalue weighted by molar-refractivity contribution is 0.340. The van der Waals surface area contributed by atoms with Gasteiger partial charge >= 0.3 is 0 Å². The van der Waals surface area contributed by atoms with Crippen molar-refractivity contribution in [2.45, 2.75) is 13.8 Å². The Morgan fingerprint density at radius 1 is 0.533 bits per heavy atom. The second-order valence-electron chi connectivity index (χ2n) is 6.81. The summed E-state index contributed by atoms with van der Waals surface area (Å²) in [5.41, 5.74) is 1.89. The third kappa shape index (κ3) is 4.57. The lowest BCUT2D eigenvalue weighted by atomic mass is 10.1. The van der Waals surface area contributed by atoms with Gasteiger partial charge in [0.05, 0.1) is 13.2 Å². The predicted molar refractivity (Wildman–Crippen MR) is 124 cm³/mol. The Bertz CT molecular complexity index is 1220. The van der Waals surface area contributed by atoms with Crippen molar-refractivity contribution in [2.24, 2.45) is 0 Å². The molecule has 30 heavy (non-hydrogen) atoms. The average molecular weight is 390 g/mol. The molecular formula is C28H22O2. The average Bonchev–Trinajstić information content (AvgIpc) is 2.77. The standard InChI is InChI=1S/C28H22O2/c1-3-29-27-15-13-23-17-21(9-11-25(23)19-27)7-5-6-8-22-10-12-26-20-28(30-4-2)16-14-24(26)18-22/h9-20H,3-4H2,1-2H3. The molecule has 0 spiro atoms. The van der Waals surface area contributed by atoms with Crippen molar-refractivity contribution in [1.29, 1.82) is 0 Å². The van der Waals surface area contributed by atoms with Gasteiger partial charge in [0.1, 0.15) is 11.5 Å². The number of ether oxygens (including phenoxy) is 2. The van der Waals surface area contributed by atoms with Gasteiger partial charge in [0.2, 0.25) is 0 Å². The zero-order valence-corrected chi connectivity index (χ0v) is 17.2. The van der Waals surface area contributed by atoms with E-state index in [-0.39, 0.29) is 0 Å². The van der Waals surface area contributed by atoms with E-state index in [4.69, 9.17) is 9.47 Å². The van der Waals surface area contributed by atoms with Gasteiger partial charge in [-0.15, -0.1) is 0 Å². The van der Waals surface area contributed by atoms with Crippen LogP contribution < -0.4 is 9.47 Å². The van der Waals surface area contributed by atoms with Crippen LogP contribution in [0.15, 0.2) is 72.8 Å². The van der Waals surface area contributed by atoms with Crippen molar-refractivity contribution in [2.75, 3.05) is 13.2 Å². The molecule has 4 rings (SSSR count). The van der Waals surface area contributed by atoms with Crippen LogP contribution in [0.5, 0.6) is 11.5 Å². The number of rotatable bonds is 4. The second-order valence-corrected chi connectivity index (χ2v) is 6.81. The first-order chi connectivity index (χ1) is 14.7. The Morgan fingerprint density at radius 2 is 0.933 bits per heavy atom. The normalized spacial score (nSPS) is 10.1. The van der Waals surface area contributed by atoms with E-state index in [0.29, 0.717) is 13.2 Å². The first-order valence-corrected chi connectivity index (χ1v) is 10.1. The third-order valence-corrected chi connectivity index (χ3v) is 4.72. The Kier molecular flexibility index (Phi) is 5.88. The van der Waals surface area contributed by atoms with E-state index in [1.165, 1.54) is 0 Å². The summed E-state index contributed by atoms with van der Waals surface area (Å²) in [7, 11) is 0. The molecule has 0 aliphatic carbocycles. The minimum Gasteiger partial charge on any atom is -0.494 e. The number of benzene rings is 4. The van der Waals surface area contributed by atoms with Crippen LogP contribution in [0.3, 0.4) is 0 Å². The van der Waals surface area contributed by atoms with Crippen molar-refractivity contribution in [1.82, 2.24) is 0 Å². The van der Waals surface area contributed by atoms with Gasteiger partial charge in [0.25, 0.3) is 0 Å². The smallest absolute Gasteiger partial charge is 0.119 e. The van der Waals surface area contributed by atoms with Gasteiger partial charge in [0.15, 0.2) is 0 Å². The van der Waals surface area contributed by atoms with E-state index in [1.807, 2.05) is 50.2 Å². The van der Waals surface area contributed by atoms with E-state index in [0.717, 1.165) is 44.2 Å². The molecule has 0 atom stereocenters. The fourth-order valence-electron chi connectivity index (χ4n) is 3.32. The summed E-state index contributed by atoms with van der Waals surface area (Å²) in [6.45, 7) is 5.30. The Hall–Kier alpha value is -3.88. The molecule has 0 N–H and O–H groups in total. The molecule has 0 aromatic heterocycles. The Balaban J connectivity index is 1.52. The molecule has 4 aromatic carbocycles. The van der Waals surface area contributed by atoms with Crippen LogP contribution in [0.1, 0.15) is 25.0 Å². The summed E-state index contributed by atoms with van der Waals surface area (Å²) < 4.78 is 11.1. The van der Waals surface area contributed by atoms with Crippen LogP contribution in [-0.4, -0.2) is 13.2 Å². The summed E-state index contributed by atoms with van der Waals surface area (Å²) in [5.74, 6) is 14.0. The molecule has 0 aliphatic heterocycles. The van der Waals surface area contributed by atoms with Gasteiger partial charge in [-0.25, -0.2) is 0 Å². The molecule has 0 saturated heterocycles. The highest BCUT2D eigenvalue weighted by Crippen LogP contribution is 2.23. The van der Waals surface area contributed by atoms with Crippen molar-refractivity contribution in [3.8, 4) is 35.2 Å². The van der Waals surface area contributed by atoms with Crippen LogP contribution in [0.25, 0.3) is 21.5 Å². The summed E-state index contributed by atoms with van der Waals surface area (Å²) in [5, 5.41) is 4.56. The molecule has 0 bridgehead atoms. The molecule has 0 saturated carbocycles. The predicted octanol–water partition coefficient (Wildman–Crippen LogP) is 6.19. The number of hydrogen-bond donors (Lipinski definition) is 0. The van der Waals surface area contributed by atoms with Crippen molar-refractivity contribution < 1.29 is 9.47 Å². The van der Waals surface area contributed by atoms with E-state index in [9.17, 15) is 0 Å². The van der Waals surface area contributed by atoms with Gasteiger partial charge in [0, 0.05) is 11.1 Å². The molecule has 0 unspecified atom stereocenters.